The first-order valence-electron chi connectivity index (χ1n) is 5.41. The van der Waals surface area contributed by atoms with Crippen LogP contribution in [0, 0.1) is 0 Å². The predicted octanol–water partition coefficient (Wildman–Crippen LogP) is 0.295. The highest BCUT2D eigenvalue weighted by Crippen LogP contribution is 2.35. The average molecular weight is 248 g/mol. The molecule has 0 saturated heterocycles. The minimum absolute atomic E-state index is 0.244. The summed E-state index contributed by atoms with van der Waals surface area (Å²) in [5, 5.41) is 9.30. The van der Waals surface area contributed by atoms with Gasteiger partial charge in [0.15, 0.2) is 5.60 Å². The van der Waals surface area contributed by atoms with E-state index in [1.165, 1.54) is 21.3 Å². The van der Waals surface area contributed by atoms with Gasteiger partial charge < -0.3 is 24.1 Å². The van der Waals surface area contributed by atoms with Gasteiger partial charge in [0.2, 0.25) is 0 Å². The molecule has 1 fully saturated rings. The Morgan fingerprint density at radius 2 is 1.53 bits per heavy atom. The largest absolute Gasteiger partial charge is 0.479 e. The summed E-state index contributed by atoms with van der Waals surface area (Å²) in [6, 6.07) is 0. The maximum absolute atomic E-state index is 11.3. The Morgan fingerprint density at radius 1 is 1.06 bits per heavy atom. The molecule has 100 valence electrons. The molecule has 2 atom stereocenters. The first kappa shape index (κ1) is 14.4. The van der Waals surface area contributed by atoms with Crippen LogP contribution in [0.2, 0.25) is 0 Å². The van der Waals surface area contributed by atoms with Crippen LogP contribution in [0.1, 0.15) is 12.8 Å². The van der Waals surface area contributed by atoms with E-state index in [0.717, 1.165) is 0 Å². The molecule has 1 aliphatic carbocycles. The van der Waals surface area contributed by atoms with Crippen LogP contribution in [0.4, 0.5) is 0 Å². The molecule has 1 rings (SSSR count). The number of carbonyl (C=O) groups is 1. The first-order chi connectivity index (χ1) is 8.04. The van der Waals surface area contributed by atoms with Gasteiger partial charge in [0.05, 0.1) is 12.2 Å². The zero-order valence-electron chi connectivity index (χ0n) is 10.6. The quantitative estimate of drug-likeness (QED) is 0.754. The van der Waals surface area contributed by atoms with Crippen LogP contribution in [0.15, 0.2) is 0 Å². The van der Waals surface area contributed by atoms with Crippen LogP contribution in [-0.4, -0.2) is 63.4 Å². The molecule has 6 heteroatoms. The van der Waals surface area contributed by atoms with Crippen molar-refractivity contribution in [1.29, 1.82) is 0 Å². The lowest BCUT2D eigenvalue weighted by Gasteiger charge is -2.43. The molecule has 0 aromatic carbocycles. The summed E-state index contributed by atoms with van der Waals surface area (Å²) in [4.78, 5) is 11.3. The second-order valence-corrected chi connectivity index (χ2v) is 4.16. The molecular formula is C11H20O6. The lowest BCUT2D eigenvalue weighted by Crippen LogP contribution is -2.58. The van der Waals surface area contributed by atoms with E-state index in [0.29, 0.717) is 0 Å². The normalized spacial score (nSPS) is 38.0. The van der Waals surface area contributed by atoms with Gasteiger partial charge in [-0.15, -0.1) is 0 Å². The summed E-state index contributed by atoms with van der Waals surface area (Å²) in [5.74, 6) is -1.00. The van der Waals surface area contributed by atoms with Crippen molar-refractivity contribution in [3.63, 3.8) is 0 Å². The first-order valence-corrected chi connectivity index (χ1v) is 5.41. The smallest absolute Gasteiger partial charge is 0.336 e. The van der Waals surface area contributed by atoms with Gasteiger partial charge in [0, 0.05) is 41.3 Å². The van der Waals surface area contributed by atoms with Gasteiger partial charge >= 0.3 is 5.97 Å². The molecular weight excluding hydrogens is 228 g/mol. The van der Waals surface area contributed by atoms with E-state index < -0.39 is 11.6 Å². The maximum Gasteiger partial charge on any atom is 0.336 e. The average Bonchev–Trinajstić information content (AvgIpc) is 2.36. The predicted molar refractivity (Wildman–Crippen MR) is 59.0 cm³/mol. The second-order valence-electron chi connectivity index (χ2n) is 4.16. The number of methoxy groups -OCH3 is 4. The van der Waals surface area contributed by atoms with Crippen molar-refractivity contribution in [1.82, 2.24) is 0 Å². The molecule has 0 aromatic rings. The zero-order valence-corrected chi connectivity index (χ0v) is 10.6. The fourth-order valence-electron chi connectivity index (χ4n) is 2.37. The van der Waals surface area contributed by atoms with Crippen molar-refractivity contribution in [3.05, 3.63) is 0 Å². The van der Waals surface area contributed by atoms with Crippen LogP contribution in [0.3, 0.4) is 0 Å². The SMILES string of the molecule is COC1CC(OC)(C(=O)O)CC(OC)C1OC. The van der Waals surface area contributed by atoms with E-state index in [4.69, 9.17) is 18.9 Å². The van der Waals surface area contributed by atoms with Gasteiger partial charge in [-0.2, -0.15) is 0 Å². The Hall–Kier alpha value is -0.690. The minimum Gasteiger partial charge on any atom is -0.479 e. The molecule has 1 N–H and O–H groups in total. The van der Waals surface area contributed by atoms with E-state index >= 15 is 0 Å². The second kappa shape index (κ2) is 5.77. The Labute approximate surface area is 101 Å². The summed E-state index contributed by atoms with van der Waals surface area (Å²) in [7, 11) is 6.00. The minimum atomic E-state index is -1.27. The molecule has 0 spiro atoms. The van der Waals surface area contributed by atoms with E-state index in [9.17, 15) is 9.90 Å². The van der Waals surface area contributed by atoms with E-state index in [2.05, 4.69) is 0 Å². The van der Waals surface area contributed by atoms with Crippen molar-refractivity contribution in [2.24, 2.45) is 0 Å². The third-order valence-electron chi connectivity index (χ3n) is 3.45. The Morgan fingerprint density at radius 3 is 1.76 bits per heavy atom. The van der Waals surface area contributed by atoms with Gasteiger partial charge in [-0.1, -0.05) is 0 Å². The van der Waals surface area contributed by atoms with Crippen LogP contribution in [0.5, 0.6) is 0 Å². The fraction of sp³-hybridized carbons (Fsp3) is 0.909. The highest BCUT2D eigenvalue weighted by Gasteiger charge is 2.52. The lowest BCUT2D eigenvalue weighted by atomic mass is 9.79. The van der Waals surface area contributed by atoms with Crippen molar-refractivity contribution >= 4 is 5.97 Å². The monoisotopic (exact) mass is 248 g/mol. The standard InChI is InChI=1S/C11H20O6/c1-14-7-5-11(17-4,10(12)13)6-8(15-2)9(7)16-3/h7-9H,5-6H2,1-4H3,(H,12,13). The third-order valence-corrected chi connectivity index (χ3v) is 3.45. The van der Waals surface area contributed by atoms with E-state index in [1.54, 1.807) is 7.11 Å². The number of rotatable bonds is 5. The van der Waals surface area contributed by atoms with E-state index in [1.807, 2.05) is 0 Å². The van der Waals surface area contributed by atoms with E-state index in [-0.39, 0.29) is 31.2 Å². The molecule has 1 aliphatic rings. The molecule has 1 saturated carbocycles. The van der Waals surface area contributed by atoms with Gasteiger partial charge in [-0.3, -0.25) is 0 Å². The summed E-state index contributed by atoms with van der Waals surface area (Å²) >= 11 is 0. The molecule has 0 bridgehead atoms. The maximum atomic E-state index is 11.3. The fourth-order valence-corrected chi connectivity index (χ4v) is 2.37. The highest BCUT2D eigenvalue weighted by atomic mass is 16.6. The number of hydrogen-bond donors (Lipinski definition) is 1. The van der Waals surface area contributed by atoms with Gasteiger partial charge in [-0.25, -0.2) is 4.79 Å². The number of aliphatic carboxylic acids is 1. The van der Waals surface area contributed by atoms with Crippen LogP contribution < -0.4 is 0 Å². The summed E-state index contributed by atoms with van der Waals surface area (Å²) in [6.07, 6.45) is -0.529. The topological polar surface area (TPSA) is 74.2 Å². The summed E-state index contributed by atoms with van der Waals surface area (Å²) < 4.78 is 21.1. The number of carboxylic acid groups (broad SMARTS) is 1. The molecule has 0 aliphatic heterocycles. The van der Waals surface area contributed by atoms with Gasteiger partial charge in [0.25, 0.3) is 0 Å². The lowest BCUT2D eigenvalue weighted by molar-refractivity contribution is -0.205. The Balaban J connectivity index is 2.97. The van der Waals surface area contributed by atoms with Crippen molar-refractivity contribution in [2.75, 3.05) is 28.4 Å². The molecule has 0 amide bonds. The molecule has 17 heavy (non-hydrogen) atoms. The Bertz CT molecular complexity index is 253. The molecule has 0 radical (unpaired) electrons. The highest BCUT2D eigenvalue weighted by molar-refractivity contribution is 5.78. The summed E-state index contributed by atoms with van der Waals surface area (Å²) in [5.41, 5.74) is -1.27. The molecule has 2 unspecified atom stereocenters. The van der Waals surface area contributed by atoms with Crippen molar-refractivity contribution < 1.29 is 28.8 Å². The van der Waals surface area contributed by atoms with Crippen LogP contribution in [-0.2, 0) is 23.7 Å². The van der Waals surface area contributed by atoms with Gasteiger partial charge in [0.1, 0.15) is 6.10 Å². The third kappa shape index (κ3) is 2.60. The number of ether oxygens (including phenoxy) is 4. The molecule has 6 nitrogen and oxygen atoms in total. The van der Waals surface area contributed by atoms with Gasteiger partial charge in [-0.05, 0) is 0 Å². The Kier molecular flexibility index (Phi) is 4.88. The molecule has 0 aromatic heterocycles. The van der Waals surface area contributed by atoms with Crippen LogP contribution in [0.25, 0.3) is 0 Å². The summed E-state index contributed by atoms with van der Waals surface area (Å²) in [6.45, 7) is 0. The van der Waals surface area contributed by atoms with Crippen molar-refractivity contribution in [3.8, 4) is 0 Å². The number of carboxylic acids is 1. The van der Waals surface area contributed by atoms with Crippen molar-refractivity contribution in [2.45, 2.75) is 36.8 Å². The van der Waals surface area contributed by atoms with Crippen LogP contribution >= 0.6 is 0 Å². The zero-order chi connectivity index (χ0) is 13.1. The number of hydrogen-bond acceptors (Lipinski definition) is 5. The molecule has 0 heterocycles.